The minimum Gasteiger partial charge on any atom is -0.321 e. The molecule has 0 saturated heterocycles. The first kappa shape index (κ1) is 16.2. The molecule has 0 fully saturated rings. The first-order valence-electron chi connectivity index (χ1n) is 8.39. The first-order valence-corrected chi connectivity index (χ1v) is 8.39. The van der Waals surface area contributed by atoms with Crippen molar-refractivity contribution in [1.82, 2.24) is 10.2 Å². The number of carbonyl (C=O) groups is 1. The van der Waals surface area contributed by atoms with Gasteiger partial charge >= 0.3 is 0 Å². The lowest BCUT2D eigenvalue weighted by Gasteiger charge is -2.23. The van der Waals surface area contributed by atoms with Crippen LogP contribution in [0.4, 0.5) is 21.6 Å². The van der Waals surface area contributed by atoms with E-state index in [-0.39, 0.29) is 23.5 Å². The number of benzene rings is 2. The van der Waals surface area contributed by atoms with E-state index in [1.165, 1.54) is 29.8 Å². The van der Waals surface area contributed by atoms with E-state index in [0.29, 0.717) is 11.5 Å². The molecule has 1 N–H and O–H groups in total. The Morgan fingerprint density at radius 3 is 2.58 bits per heavy atom. The molecule has 1 atom stereocenters. The minimum absolute atomic E-state index is 0.207. The van der Waals surface area contributed by atoms with Crippen LogP contribution in [-0.4, -0.2) is 22.1 Å². The van der Waals surface area contributed by atoms with Crippen LogP contribution in [0.25, 0.3) is 0 Å². The normalized spacial score (nSPS) is 15.6. The van der Waals surface area contributed by atoms with E-state index in [4.69, 9.17) is 0 Å². The maximum absolute atomic E-state index is 12.9. The number of hydrogen-bond donors (Lipinski definition) is 1. The van der Waals surface area contributed by atoms with E-state index in [0.717, 1.165) is 12.1 Å². The number of aromatic nitrogens is 2. The van der Waals surface area contributed by atoms with Gasteiger partial charge < -0.3 is 10.2 Å². The van der Waals surface area contributed by atoms with Crippen LogP contribution in [0.2, 0.25) is 0 Å². The highest BCUT2D eigenvalue weighted by Crippen LogP contribution is 2.36. The van der Waals surface area contributed by atoms with Crippen LogP contribution in [0.1, 0.15) is 23.0 Å². The van der Waals surface area contributed by atoms with Crippen molar-refractivity contribution in [2.75, 3.05) is 10.2 Å². The molecule has 6 heteroatoms. The summed E-state index contributed by atoms with van der Waals surface area (Å²) in [4.78, 5) is 14.4. The Bertz CT molecular complexity index is 941. The Morgan fingerprint density at radius 1 is 1.08 bits per heavy atom. The zero-order valence-corrected chi connectivity index (χ0v) is 14.2. The summed E-state index contributed by atoms with van der Waals surface area (Å²) in [5.41, 5.74) is 3.11. The summed E-state index contributed by atoms with van der Waals surface area (Å²) in [6.45, 7) is 2.14. The molecule has 0 bridgehead atoms. The molecular formula is C20H17FN4O. The van der Waals surface area contributed by atoms with Crippen LogP contribution in [-0.2, 0) is 6.42 Å². The van der Waals surface area contributed by atoms with Gasteiger partial charge in [0, 0.05) is 17.4 Å². The van der Waals surface area contributed by atoms with Crippen molar-refractivity contribution in [2.24, 2.45) is 0 Å². The number of nitrogens with zero attached hydrogens (tertiary/aromatic N) is 3. The average Bonchev–Trinajstić information content (AvgIpc) is 2.99. The number of halogens is 1. The lowest BCUT2D eigenvalue weighted by atomic mass is 10.1. The predicted octanol–water partition coefficient (Wildman–Crippen LogP) is 3.95. The van der Waals surface area contributed by atoms with Gasteiger partial charge in [-0.1, -0.05) is 18.2 Å². The SMILES string of the molecule is CC1Cc2ccccc2N1c1ccc(C(=O)Nc2ccc(F)cc2)nn1. The van der Waals surface area contributed by atoms with Crippen LogP contribution < -0.4 is 10.2 Å². The number of rotatable bonds is 3. The van der Waals surface area contributed by atoms with Gasteiger partial charge in [-0.3, -0.25) is 4.79 Å². The molecule has 5 nitrogen and oxygen atoms in total. The van der Waals surface area contributed by atoms with E-state index in [1.807, 2.05) is 12.1 Å². The van der Waals surface area contributed by atoms with Crippen LogP contribution in [0.15, 0.2) is 60.7 Å². The van der Waals surface area contributed by atoms with Gasteiger partial charge in [0.15, 0.2) is 11.5 Å². The number of para-hydroxylation sites is 1. The maximum Gasteiger partial charge on any atom is 0.276 e. The van der Waals surface area contributed by atoms with Gasteiger partial charge in [0.1, 0.15) is 5.82 Å². The minimum atomic E-state index is -0.384. The molecule has 26 heavy (non-hydrogen) atoms. The molecule has 2 aromatic carbocycles. The number of carbonyl (C=O) groups excluding carboxylic acids is 1. The summed E-state index contributed by atoms with van der Waals surface area (Å²) >= 11 is 0. The number of nitrogens with one attached hydrogen (secondary N) is 1. The Labute approximate surface area is 150 Å². The van der Waals surface area contributed by atoms with Gasteiger partial charge in [0.2, 0.25) is 0 Å². The second-order valence-electron chi connectivity index (χ2n) is 6.29. The van der Waals surface area contributed by atoms with Crippen LogP contribution in [0.3, 0.4) is 0 Å². The van der Waals surface area contributed by atoms with Crippen molar-refractivity contribution in [1.29, 1.82) is 0 Å². The van der Waals surface area contributed by atoms with Crippen molar-refractivity contribution >= 4 is 23.1 Å². The van der Waals surface area contributed by atoms with Crippen LogP contribution >= 0.6 is 0 Å². The standard InChI is InChI=1S/C20H17FN4O/c1-13-12-14-4-2-3-5-18(14)25(13)19-11-10-17(23-24-19)20(26)22-16-8-6-15(21)7-9-16/h2-11,13H,12H2,1H3,(H,22,26). The Kier molecular flexibility index (Phi) is 4.08. The summed E-state index contributed by atoms with van der Waals surface area (Å²) in [7, 11) is 0. The summed E-state index contributed by atoms with van der Waals surface area (Å²) in [6, 6.07) is 17.5. The summed E-state index contributed by atoms with van der Waals surface area (Å²) in [5, 5.41) is 11.0. The molecule has 1 aliphatic rings. The average molecular weight is 348 g/mol. The molecule has 0 aliphatic carbocycles. The van der Waals surface area contributed by atoms with Gasteiger partial charge in [-0.2, -0.15) is 0 Å². The first-order chi connectivity index (χ1) is 12.6. The van der Waals surface area contributed by atoms with Crippen LogP contribution in [0.5, 0.6) is 0 Å². The molecule has 0 spiro atoms. The Hall–Kier alpha value is -3.28. The third kappa shape index (κ3) is 3.01. The zero-order chi connectivity index (χ0) is 18.1. The van der Waals surface area contributed by atoms with Crippen molar-refractivity contribution in [3.63, 3.8) is 0 Å². The fourth-order valence-corrected chi connectivity index (χ4v) is 3.22. The van der Waals surface area contributed by atoms with Gasteiger partial charge in [0.05, 0.1) is 0 Å². The predicted molar refractivity (Wildman–Crippen MR) is 98.1 cm³/mol. The highest BCUT2D eigenvalue weighted by molar-refractivity contribution is 6.02. The largest absolute Gasteiger partial charge is 0.321 e. The molecule has 1 aromatic heterocycles. The van der Waals surface area contributed by atoms with E-state index in [2.05, 4.69) is 39.5 Å². The molecular weight excluding hydrogens is 331 g/mol. The number of fused-ring (bicyclic) bond motifs is 1. The second kappa shape index (κ2) is 6.55. The monoisotopic (exact) mass is 348 g/mol. The lowest BCUT2D eigenvalue weighted by Crippen LogP contribution is -2.25. The second-order valence-corrected chi connectivity index (χ2v) is 6.29. The molecule has 1 amide bonds. The zero-order valence-electron chi connectivity index (χ0n) is 14.2. The molecule has 1 aliphatic heterocycles. The molecule has 0 saturated carbocycles. The van der Waals surface area contributed by atoms with Crippen molar-refractivity contribution < 1.29 is 9.18 Å². The third-order valence-electron chi connectivity index (χ3n) is 4.44. The smallest absolute Gasteiger partial charge is 0.276 e. The Morgan fingerprint density at radius 2 is 1.85 bits per heavy atom. The third-order valence-corrected chi connectivity index (χ3v) is 4.44. The van der Waals surface area contributed by atoms with Crippen molar-refractivity contribution in [3.8, 4) is 0 Å². The number of amides is 1. The molecule has 1 unspecified atom stereocenters. The molecule has 4 rings (SSSR count). The highest BCUT2D eigenvalue weighted by Gasteiger charge is 2.28. The maximum atomic E-state index is 12.9. The van der Waals surface area contributed by atoms with Gasteiger partial charge in [0.25, 0.3) is 5.91 Å². The highest BCUT2D eigenvalue weighted by atomic mass is 19.1. The summed E-state index contributed by atoms with van der Waals surface area (Å²) < 4.78 is 12.9. The summed E-state index contributed by atoms with van der Waals surface area (Å²) in [5.74, 6) is -0.0292. The lowest BCUT2D eigenvalue weighted by molar-refractivity contribution is 0.102. The van der Waals surface area contributed by atoms with Gasteiger partial charge in [-0.15, -0.1) is 10.2 Å². The van der Waals surface area contributed by atoms with E-state index in [9.17, 15) is 9.18 Å². The number of anilines is 3. The van der Waals surface area contributed by atoms with Crippen LogP contribution in [0, 0.1) is 5.82 Å². The van der Waals surface area contributed by atoms with Gasteiger partial charge in [-0.05, 0) is 61.4 Å². The molecule has 3 aromatic rings. The number of hydrogen-bond acceptors (Lipinski definition) is 4. The quantitative estimate of drug-likeness (QED) is 0.779. The van der Waals surface area contributed by atoms with Crippen molar-refractivity contribution in [2.45, 2.75) is 19.4 Å². The fraction of sp³-hybridized carbons (Fsp3) is 0.150. The summed E-state index contributed by atoms with van der Waals surface area (Å²) in [6.07, 6.45) is 0.949. The van der Waals surface area contributed by atoms with E-state index >= 15 is 0 Å². The molecule has 0 radical (unpaired) electrons. The fourth-order valence-electron chi connectivity index (χ4n) is 3.22. The Balaban J connectivity index is 1.53. The topological polar surface area (TPSA) is 58.1 Å². The van der Waals surface area contributed by atoms with Gasteiger partial charge in [-0.25, -0.2) is 4.39 Å². The van der Waals surface area contributed by atoms with E-state index < -0.39 is 0 Å². The van der Waals surface area contributed by atoms with Crippen molar-refractivity contribution in [3.05, 3.63) is 77.7 Å². The van der Waals surface area contributed by atoms with E-state index in [1.54, 1.807) is 12.1 Å². The molecule has 130 valence electrons. The molecule has 2 heterocycles.